The summed E-state index contributed by atoms with van der Waals surface area (Å²) >= 11 is 1.53. The molecule has 1 unspecified atom stereocenters. The SMILES string of the molecule is CCOC(=O)c1n[nH]c(C(C)NCc2ccc(-c3ccccc3F)s2)n1.O=C(O)C(F)(F)F. The van der Waals surface area contributed by atoms with E-state index in [1.807, 2.05) is 25.1 Å². The number of rotatable bonds is 7. The zero-order chi connectivity index (χ0) is 24.6. The Morgan fingerprint density at radius 3 is 2.52 bits per heavy atom. The van der Waals surface area contributed by atoms with Crippen LogP contribution >= 0.6 is 11.3 Å². The van der Waals surface area contributed by atoms with E-state index < -0.39 is 18.1 Å². The molecule has 0 fully saturated rings. The van der Waals surface area contributed by atoms with Gasteiger partial charge in [-0.1, -0.05) is 18.2 Å². The highest BCUT2D eigenvalue weighted by molar-refractivity contribution is 7.15. The summed E-state index contributed by atoms with van der Waals surface area (Å²) in [4.78, 5) is 26.6. The Morgan fingerprint density at radius 2 is 1.91 bits per heavy atom. The van der Waals surface area contributed by atoms with Gasteiger partial charge in [0.05, 0.1) is 12.6 Å². The van der Waals surface area contributed by atoms with Gasteiger partial charge in [-0.25, -0.2) is 19.0 Å². The number of nitrogens with zero attached hydrogens (tertiary/aromatic N) is 2. The molecule has 0 aliphatic carbocycles. The lowest BCUT2D eigenvalue weighted by Gasteiger charge is -2.09. The normalized spacial score (nSPS) is 11.9. The van der Waals surface area contributed by atoms with Crippen molar-refractivity contribution in [1.82, 2.24) is 20.5 Å². The molecule has 0 amide bonds. The van der Waals surface area contributed by atoms with Crippen LogP contribution in [0.2, 0.25) is 0 Å². The summed E-state index contributed by atoms with van der Waals surface area (Å²) in [7, 11) is 0. The lowest BCUT2D eigenvalue weighted by Crippen LogP contribution is -2.21. The van der Waals surface area contributed by atoms with Gasteiger partial charge >= 0.3 is 18.1 Å². The molecule has 33 heavy (non-hydrogen) atoms. The van der Waals surface area contributed by atoms with Gasteiger partial charge in [-0.3, -0.25) is 5.10 Å². The minimum Gasteiger partial charge on any atom is -0.475 e. The van der Waals surface area contributed by atoms with Crippen LogP contribution in [0.25, 0.3) is 10.4 Å². The maximum Gasteiger partial charge on any atom is 0.490 e. The molecule has 2 aromatic heterocycles. The molecule has 3 N–H and O–H groups in total. The van der Waals surface area contributed by atoms with Crippen LogP contribution in [0, 0.1) is 5.82 Å². The number of aromatic nitrogens is 3. The zero-order valence-corrected chi connectivity index (χ0v) is 18.3. The Balaban J connectivity index is 0.000000479. The van der Waals surface area contributed by atoms with Crippen LogP contribution in [0.3, 0.4) is 0 Å². The molecule has 0 saturated carbocycles. The molecule has 3 aromatic rings. The third kappa shape index (κ3) is 7.64. The first-order valence-corrected chi connectivity index (χ1v) is 10.3. The lowest BCUT2D eigenvalue weighted by atomic mass is 10.2. The molecule has 1 aromatic carbocycles. The van der Waals surface area contributed by atoms with Crippen molar-refractivity contribution < 1.29 is 37.0 Å². The van der Waals surface area contributed by atoms with Crippen molar-refractivity contribution in [1.29, 1.82) is 0 Å². The zero-order valence-electron chi connectivity index (χ0n) is 17.4. The highest BCUT2D eigenvalue weighted by atomic mass is 32.1. The largest absolute Gasteiger partial charge is 0.490 e. The Hall–Kier alpha value is -3.32. The molecular formula is C20H20F4N4O4S. The fraction of sp³-hybridized carbons (Fsp3) is 0.300. The molecule has 0 aliphatic heterocycles. The molecule has 2 heterocycles. The lowest BCUT2D eigenvalue weighted by molar-refractivity contribution is -0.192. The third-order valence-electron chi connectivity index (χ3n) is 4.00. The average molecular weight is 488 g/mol. The summed E-state index contributed by atoms with van der Waals surface area (Å²) in [5, 5.41) is 17.1. The quantitative estimate of drug-likeness (QED) is 0.335. The van der Waals surface area contributed by atoms with E-state index in [1.165, 1.54) is 17.4 Å². The molecule has 0 bridgehead atoms. The smallest absolute Gasteiger partial charge is 0.475 e. The number of alkyl halides is 3. The number of carbonyl (C=O) groups excluding carboxylic acids is 1. The molecule has 0 spiro atoms. The number of thiophene rings is 1. The summed E-state index contributed by atoms with van der Waals surface area (Å²) in [6, 6.07) is 10.5. The highest BCUT2D eigenvalue weighted by Gasteiger charge is 2.38. The predicted molar refractivity (Wildman–Crippen MR) is 111 cm³/mol. The van der Waals surface area contributed by atoms with Gasteiger partial charge in [0.15, 0.2) is 0 Å². The van der Waals surface area contributed by atoms with Gasteiger partial charge in [0.25, 0.3) is 5.82 Å². The predicted octanol–water partition coefficient (Wildman–Crippen LogP) is 4.33. The number of hydrogen-bond acceptors (Lipinski definition) is 7. The van der Waals surface area contributed by atoms with E-state index in [-0.39, 0.29) is 24.3 Å². The Morgan fingerprint density at radius 1 is 1.24 bits per heavy atom. The van der Waals surface area contributed by atoms with Crippen molar-refractivity contribution in [3.8, 4) is 10.4 Å². The highest BCUT2D eigenvalue weighted by Crippen LogP contribution is 2.30. The van der Waals surface area contributed by atoms with Crippen molar-refractivity contribution in [2.24, 2.45) is 0 Å². The summed E-state index contributed by atoms with van der Waals surface area (Å²) in [6.07, 6.45) is -5.08. The third-order valence-corrected chi connectivity index (χ3v) is 5.12. The fourth-order valence-electron chi connectivity index (χ4n) is 2.38. The number of benzene rings is 1. The van der Waals surface area contributed by atoms with Crippen molar-refractivity contribution in [2.45, 2.75) is 32.6 Å². The number of carbonyl (C=O) groups is 2. The van der Waals surface area contributed by atoms with Gasteiger partial charge in [-0.2, -0.15) is 13.2 Å². The number of aliphatic carboxylic acids is 1. The molecule has 8 nitrogen and oxygen atoms in total. The number of aromatic amines is 1. The first kappa shape index (κ1) is 25.9. The number of nitrogens with one attached hydrogen (secondary N) is 2. The molecule has 13 heteroatoms. The van der Waals surface area contributed by atoms with Gasteiger partial charge in [-0.15, -0.1) is 16.4 Å². The Labute approximate surface area is 189 Å². The van der Waals surface area contributed by atoms with Crippen molar-refractivity contribution in [2.75, 3.05) is 6.61 Å². The van der Waals surface area contributed by atoms with Crippen LogP contribution < -0.4 is 5.32 Å². The molecule has 0 radical (unpaired) electrons. The Kier molecular flexibility index (Phi) is 9.05. The number of ether oxygens (including phenoxy) is 1. The van der Waals surface area contributed by atoms with Crippen molar-refractivity contribution in [3.05, 3.63) is 58.7 Å². The van der Waals surface area contributed by atoms with Gasteiger partial charge in [-0.05, 0) is 32.0 Å². The molecule has 0 saturated heterocycles. The van der Waals surface area contributed by atoms with E-state index in [0.29, 0.717) is 17.9 Å². The minimum absolute atomic E-state index is 0.0217. The number of carboxylic acids is 1. The molecule has 1 atom stereocenters. The molecular weight excluding hydrogens is 468 g/mol. The monoisotopic (exact) mass is 488 g/mol. The van der Waals surface area contributed by atoms with E-state index in [2.05, 4.69) is 20.5 Å². The fourth-order valence-corrected chi connectivity index (χ4v) is 3.37. The maximum atomic E-state index is 13.9. The second kappa shape index (κ2) is 11.5. The van der Waals surface area contributed by atoms with Crippen LogP contribution in [0.4, 0.5) is 17.6 Å². The van der Waals surface area contributed by atoms with E-state index in [4.69, 9.17) is 14.6 Å². The molecule has 3 rings (SSSR count). The molecule has 178 valence electrons. The van der Waals surface area contributed by atoms with Crippen molar-refractivity contribution in [3.63, 3.8) is 0 Å². The van der Waals surface area contributed by atoms with Gasteiger partial charge in [0, 0.05) is 21.9 Å². The van der Waals surface area contributed by atoms with Crippen LogP contribution in [-0.2, 0) is 16.1 Å². The number of hydrogen-bond donors (Lipinski definition) is 3. The van der Waals surface area contributed by atoms with E-state index in [0.717, 1.165) is 9.75 Å². The summed E-state index contributed by atoms with van der Waals surface area (Å²) in [5.41, 5.74) is 0.603. The summed E-state index contributed by atoms with van der Waals surface area (Å²) in [5.74, 6) is -2.95. The van der Waals surface area contributed by atoms with E-state index in [9.17, 15) is 22.4 Å². The number of esters is 1. The first-order chi connectivity index (χ1) is 15.5. The first-order valence-electron chi connectivity index (χ1n) is 9.49. The maximum absolute atomic E-state index is 13.9. The van der Waals surface area contributed by atoms with Gasteiger partial charge in [0.1, 0.15) is 11.6 Å². The van der Waals surface area contributed by atoms with Crippen LogP contribution in [-0.4, -0.2) is 45.0 Å². The topological polar surface area (TPSA) is 117 Å². The number of H-pyrrole nitrogens is 1. The summed E-state index contributed by atoms with van der Waals surface area (Å²) in [6.45, 7) is 4.52. The van der Waals surface area contributed by atoms with Crippen LogP contribution in [0.1, 0.15) is 41.2 Å². The standard InChI is InChI=1S/C18H19FN4O2S.C2HF3O2/c1-3-25-18(24)17-21-16(22-23-17)11(2)20-10-12-8-9-15(26-12)13-6-4-5-7-14(13)19;3-2(4,5)1(6)7/h4-9,11,20H,3,10H2,1-2H3,(H,21,22,23);(H,6,7). The second-order valence-corrected chi connectivity index (χ2v) is 7.58. The van der Waals surface area contributed by atoms with Gasteiger partial charge < -0.3 is 15.2 Å². The van der Waals surface area contributed by atoms with Crippen molar-refractivity contribution >= 4 is 23.3 Å². The Bertz CT molecular complexity index is 1080. The number of carboxylic acid groups (broad SMARTS) is 1. The number of halogens is 4. The minimum atomic E-state index is -5.08. The summed E-state index contributed by atoms with van der Waals surface area (Å²) < 4.78 is 50.5. The average Bonchev–Trinajstić information content (AvgIpc) is 3.42. The van der Waals surface area contributed by atoms with E-state index in [1.54, 1.807) is 19.1 Å². The van der Waals surface area contributed by atoms with Crippen LogP contribution in [0.5, 0.6) is 0 Å². The van der Waals surface area contributed by atoms with E-state index >= 15 is 0 Å². The molecule has 0 aliphatic rings. The second-order valence-electron chi connectivity index (χ2n) is 6.42. The van der Waals surface area contributed by atoms with Gasteiger partial charge in [0.2, 0.25) is 0 Å². The van der Waals surface area contributed by atoms with Crippen LogP contribution in [0.15, 0.2) is 36.4 Å².